The van der Waals surface area contributed by atoms with Gasteiger partial charge in [-0.25, -0.2) is 4.79 Å². The molecule has 1 rings (SSSR count). The molecule has 7 heteroatoms. The normalized spacial score (nSPS) is 12.1. The number of halogens is 2. The third-order valence-corrected chi connectivity index (χ3v) is 3.04. The maximum absolute atomic E-state index is 11.7. The van der Waals surface area contributed by atoms with Crippen molar-refractivity contribution in [3.63, 3.8) is 0 Å². The van der Waals surface area contributed by atoms with Crippen LogP contribution in [0.1, 0.15) is 13.3 Å². The number of carbonyl (C=O) groups is 2. The number of hydrogen-bond acceptors (Lipinski definition) is 3. The average Bonchev–Trinajstić information content (AvgIpc) is 2.44. The molecule has 0 heterocycles. The Morgan fingerprint density at radius 3 is 2.76 bits per heavy atom. The first kappa shape index (κ1) is 17.3. The fourth-order valence-electron chi connectivity index (χ4n) is 1.46. The molecule has 1 atom stereocenters. The van der Waals surface area contributed by atoms with Crippen molar-refractivity contribution < 1.29 is 19.4 Å². The number of amides is 1. The smallest absolute Gasteiger partial charge is 0.326 e. The summed E-state index contributed by atoms with van der Waals surface area (Å²) in [4.78, 5) is 22.7. The molecule has 0 aliphatic rings. The molecule has 0 radical (unpaired) electrons. The lowest BCUT2D eigenvalue weighted by molar-refractivity contribution is -0.142. The van der Waals surface area contributed by atoms with Crippen molar-refractivity contribution in [3.8, 4) is 5.75 Å². The Hall–Kier alpha value is -1.72. The second-order valence-corrected chi connectivity index (χ2v) is 4.97. The SMILES string of the molecule is C/C=C/CC(NC(=O)COc1cc(Cl)ccc1Cl)C(=O)O. The molecule has 2 N–H and O–H groups in total. The third kappa shape index (κ3) is 6.06. The number of rotatable bonds is 7. The van der Waals surface area contributed by atoms with Crippen molar-refractivity contribution in [2.45, 2.75) is 19.4 Å². The highest BCUT2D eigenvalue weighted by Gasteiger charge is 2.18. The van der Waals surface area contributed by atoms with Gasteiger partial charge in [-0.2, -0.15) is 0 Å². The summed E-state index contributed by atoms with van der Waals surface area (Å²) in [5.74, 6) is -1.40. The van der Waals surface area contributed by atoms with Crippen LogP contribution in [0, 0.1) is 0 Å². The number of hydrogen-bond donors (Lipinski definition) is 2. The van der Waals surface area contributed by atoms with Crippen molar-refractivity contribution in [1.29, 1.82) is 0 Å². The summed E-state index contributed by atoms with van der Waals surface area (Å²) in [7, 11) is 0. The highest BCUT2D eigenvalue weighted by Crippen LogP contribution is 2.27. The van der Waals surface area contributed by atoms with E-state index in [0.717, 1.165) is 0 Å². The molecule has 0 bridgehead atoms. The van der Waals surface area contributed by atoms with Gasteiger partial charge in [0.15, 0.2) is 6.61 Å². The number of ether oxygens (including phenoxy) is 1. The number of carbonyl (C=O) groups excluding carboxylic acids is 1. The first-order valence-electron chi connectivity index (χ1n) is 6.15. The van der Waals surface area contributed by atoms with Crippen molar-refractivity contribution in [2.24, 2.45) is 0 Å². The molecular formula is C14H15Cl2NO4. The second-order valence-electron chi connectivity index (χ2n) is 4.13. The number of carboxylic acid groups (broad SMARTS) is 1. The molecule has 0 spiro atoms. The van der Waals surface area contributed by atoms with E-state index in [4.69, 9.17) is 33.0 Å². The zero-order valence-electron chi connectivity index (χ0n) is 11.3. The van der Waals surface area contributed by atoms with Crippen LogP contribution in [0.5, 0.6) is 5.75 Å². The predicted octanol–water partition coefficient (Wildman–Crippen LogP) is 2.91. The molecule has 0 aliphatic carbocycles. The van der Waals surface area contributed by atoms with Gasteiger partial charge in [0.25, 0.3) is 5.91 Å². The van der Waals surface area contributed by atoms with E-state index in [-0.39, 0.29) is 18.8 Å². The lowest BCUT2D eigenvalue weighted by Crippen LogP contribution is -2.42. The molecule has 1 amide bonds. The number of allylic oxidation sites excluding steroid dienone is 1. The lowest BCUT2D eigenvalue weighted by Gasteiger charge is -2.13. The first-order chi connectivity index (χ1) is 9.93. The van der Waals surface area contributed by atoms with Gasteiger partial charge in [-0.3, -0.25) is 4.79 Å². The third-order valence-electron chi connectivity index (χ3n) is 2.49. The fraction of sp³-hybridized carbons (Fsp3) is 0.286. The van der Waals surface area contributed by atoms with Gasteiger partial charge < -0.3 is 15.2 Å². The fourth-order valence-corrected chi connectivity index (χ4v) is 1.79. The molecule has 114 valence electrons. The van der Waals surface area contributed by atoms with Crippen LogP contribution in [0.25, 0.3) is 0 Å². The minimum Gasteiger partial charge on any atom is -0.482 e. The number of nitrogens with one attached hydrogen (secondary N) is 1. The van der Waals surface area contributed by atoms with Gasteiger partial charge in [-0.05, 0) is 25.5 Å². The standard InChI is InChI=1S/C14H15Cl2NO4/c1-2-3-4-11(14(19)20)17-13(18)8-21-12-7-9(15)5-6-10(12)16/h2-3,5-7,11H,4,8H2,1H3,(H,17,18)(H,19,20)/b3-2+. The molecule has 1 aromatic rings. The van der Waals surface area contributed by atoms with Gasteiger partial charge in [-0.15, -0.1) is 0 Å². The predicted molar refractivity (Wildman–Crippen MR) is 81.0 cm³/mol. The molecule has 5 nitrogen and oxygen atoms in total. The highest BCUT2D eigenvalue weighted by atomic mass is 35.5. The lowest BCUT2D eigenvalue weighted by atomic mass is 10.2. The van der Waals surface area contributed by atoms with Crippen LogP contribution < -0.4 is 10.1 Å². The van der Waals surface area contributed by atoms with Crippen LogP contribution in [-0.2, 0) is 9.59 Å². The van der Waals surface area contributed by atoms with Crippen LogP contribution in [0.4, 0.5) is 0 Å². The first-order valence-corrected chi connectivity index (χ1v) is 6.90. The Morgan fingerprint density at radius 1 is 1.43 bits per heavy atom. The summed E-state index contributed by atoms with van der Waals surface area (Å²) in [6.45, 7) is 1.42. The van der Waals surface area contributed by atoms with Gasteiger partial charge in [0, 0.05) is 11.1 Å². The summed E-state index contributed by atoms with van der Waals surface area (Å²) in [5.41, 5.74) is 0. The minimum absolute atomic E-state index is 0.204. The summed E-state index contributed by atoms with van der Waals surface area (Å²) in [6.07, 6.45) is 3.58. The molecule has 0 fully saturated rings. The van der Waals surface area contributed by atoms with Crippen LogP contribution in [0.15, 0.2) is 30.4 Å². The zero-order valence-corrected chi connectivity index (χ0v) is 12.8. The van der Waals surface area contributed by atoms with Crippen molar-refractivity contribution >= 4 is 35.1 Å². The quantitative estimate of drug-likeness (QED) is 0.753. The second kappa shape index (κ2) is 8.54. The van der Waals surface area contributed by atoms with Crippen molar-refractivity contribution in [3.05, 3.63) is 40.4 Å². The average molecular weight is 332 g/mol. The Morgan fingerprint density at radius 2 is 2.14 bits per heavy atom. The minimum atomic E-state index is -1.11. The molecule has 0 saturated carbocycles. The van der Waals surface area contributed by atoms with Crippen LogP contribution in [0.2, 0.25) is 10.0 Å². The molecular weight excluding hydrogens is 317 g/mol. The van der Waals surface area contributed by atoms with E-state index in [9.17, 15) is 9.59 Å². The van der Waals surface area contributed by atoms with E-state index in [1.54, 1.807) is 31.2 Å². The molecule has 21 heavy (non-hydrogen) atoms. The van der Waals surface area contributed by atoms with E-state index >= 15 is 0 Å². The molecule has 0 saturated heterocycles. The van der Waals surface area contributed by atoms with E-state index in [1.165, 1.54) is 6.07 Å². The Balaban J connectivity index is 2.56. The molecule has 1 aromatic carbocycles. The van der Waals surface area contributed by atoms with Crippen LogP contribution in [-0.4, -0.2) is 29.6 Å². The number of benzene rings is 1. The highest BCUT2D eigenvalue weighted by molar-refractivity contribution is 6.34. The summed E-state index contributed by atoms with van der Waals surface area (Å²) in [5, 5.41) is 12.1. The number of carboxylic acids is 1. The Kier molecular flexibility index (Phi) is 7.05. The molecule has 0 aromatic heterocycles. The van der Waals surface area contributed by atoms with E-state index in [1.807, 2.05) is 0 Å². The zero-order chi connectivity index (χ0) is 15.8. The van der Waals surface area contributed by atoms with Gasteiger partial charge in [0.2, 0.25) is 0 Å². The van der Waals surface area contributed by atoms with E-state index < -0.39 is 17.9 Å². The van der Waals surface area contributed by atoms with Gasteiger partial charge >= 0.3 is 5.97 Å². The van der Waals surface area contributed by atoms with Gasteiger partial charge in [-0.1, -0.05) is 35.4 Å². The van der Waals surface area contributed by atoms with Crippen molar-refractivity contribution in [2.75, 3.05) is 6.61 Å². The van der Waals surface area contributed by atoms with Gasteiger partial charge in [0.05, 0.1) is 5.02 Å². The molecule has 1 unspecified atom stereocenters. The monoisotopic (exact) mass is 331 g/mol. The summed E-state index contributed by atoms with van der Waals surface area (Å²) < 4.78 is 5.23. The largest absolute Gasteiger partial charge is 0.482 e. The van der Waals surface area contributed by atoms with E-state index in [2.05, 4.69) is 5.32 Å². The Labute approximate surface area is 132 Å². The van der Waals surface area contributed by atoms with Crippen molar-refractivity contribution in [1.82, 2.24) is 5.32 Å². The van der Waals surface area contributed by atoms with Gasteiger partial charge in [0.1, 0.15) is 11.8 Å². The van der Waals surface area contributed by atoms with Crippen LogP contribution in [0.3, 0.4) is 0 Å². The topological polar surface area (TPSA) is 75.6 Å². The summed E-state index contributed by atoms with van der Waals surface area (Å²) in [6, 6.07) is 3.62. The van der Waals surface area contributed by atoms with Crippen LogP contribution >= 0.6 is 23.2 Å². The Bertz CT molecular complexity index is 546. The molecule has 0 aliphatic heterocycles. The summed E-state index contributed by atoms with van der Waals surface area (Å²) >= 11 is 11.7. The van der Waals surface area contributed by atoms with E-state index in [0.29, 0.717) is 10.0 Å². The maximum Gasteiger partial charge on any atom is 0.326 e. The number of aliphatic carboxylic acids is 1. The maximum atomic E-state index is 11.7.